The van der Waals surface area contributed by atoms with Crippen molar-refractivity contribution < 1.29 is 14.3 Å². The van der Waals surface area contributed by atoms with Gasteiger partial charge >= 0.3 is 0 Å². The third-order valence-corrected chi connectivity index (χ3v) is 4.90. The van der Waals surface area contributed by atoms with Crippen LogP contribution in [0, 0.1) is 0 Å². The van der Waals surface area contributed by atoms with E-state index in [0.717, 1.165) is 11.4 Å². The maximum absolute atomic E-state index is 12.5. The van der Waals surface area contributed by atoms with Crippen LogP contribution in [0.4, 0.5) is 10.8 Å². The number of amides is 2. The highest BCUT2D eigenvalue weighted by atomic mass is 32.1. The molecule has 0 saturated heterocycles. The Hall–Kier alpha value is -3.98. The zero-order valence-corrected chi connectivity index (χ0v) is 16.7. The Morgan fingerprint density at radius 2 is 1.73 bits per heavy atom. The minimum absolute atomic E-state index is 0.263. The van der Waals surface area contributed by atoms with Crippen molar-refractivity contribution in [1.82, 2.24) is 14.8 Å². The second kappa shape index (κ2) is 8.58. The summed E-state index contributed by atoms with van der Waals surface area (Å²) in [4.78, 5) is 28.7. The summed E-state index contributed by atoms with van der Waals surface area (Å²) in [5.74, 6) is 0.135. The van der Waals surface area contributed by atoms with Crippen molar-refractivity contribution in [3.63, 3.8) is 0 Å². The molecule has 30 heavy (non-hydrogen) atoms. The van der Waals surface area contributed by atoms with Gasteiger partial charge in [0, 0.05) is 29.0 Å². The van der Waals surface area contributed by atoms with Gasteiger partial charge in [-0.2, -0.15) is 5.10 Å². The van der Waals surface area contributed by atoms with Gasteiger partial charge in [-0.3, -0.25) is 14.9 Å². The fourth-order valence-corrected chi connectivity index (χ4v) is 3.20. The van der Waals surface area contributed by atoms with Crippen LogP contribution in [0.2, 0.25) is 0 Å². The molecule has 0 unspecified atom stereocenters. The second-order valence-electron chi connectivity index (χ2n) is 6.17. The Bertz CT molecular complexity index is 1150. The maximum Gasteiger partial charge on any atom is 0.276 e. The summed E-state index contributed by atoms with van der Waals surface area (Å²) in [6.07, 6.45) is 3.33. The van der Waals surface area contributed by atoms with E-state index in [4.69, 9.17) is 4.74 Å². The summed E-state index contributed by atoms with van der Waals surface area (Å²) in [5, 5.41) is 12.1. The number of ether oxygens (including phenoxy) is 1. The van der Waals surface area contributed by atoms with Gasteiger partial charge in [-0.25, -0.2) is 9.67 Å². The lowest BCUT2D eigenvalue weighted by Crippen LogP contribution is -2.14. The Morgan fingerprint density at radius 3 is 2.40 bits per heavy atom. The minimum Gasteiger partial charge on any atom is -0.497 e. The average molecular weight is 419 g/mol. The number of aromatic nitrogens is 3. The van der Waals surface area contributed by atoms with Gasteiger partial charge in [-0.15, -0.1) is 11.3 Å². The molecule has 2 aromatic carbocycles. The highest BCUT2D eigenvalue weighted by Gasteiger charge is 2.12. The molecule has 0 saturated carbocycles. The molecule has 0 bridgehead atoms. The van der Waals surface area contributed by atoms with Crippen molar-refractivity contribution in [3.8, 4) is 11.4 Å². The van der Waals surface area contributed by atoms with Gasteiger partial charge in [0.1, 0.15) is 5.75 Å². The molecule has 150 valence electrons. The Balaban J connectivity index is 1.40. The van der Waals surface area contributed by atoms with E-state index < -0.39 is 0 Å². The number of hydrogen-bond acceptors (Lipinski definition) is 6. The topological polar surface area (TPSA) is 98.1 Å². The third-order valence-electron chi connectivity index (χ3n) is 4.22. The van der Waals surface area contributed by atoms with Crippen LogP contribution >= 0.6 is 11.3 Å². The normalized spacial score (nSPS) is 10.4. The van der Waals surface area contributed by atoms with Crippen molar-refractivity contribution in [2.45, 2.75) is 0 Å². The number of hydrogen-bond donors (Lipinski definition) is 2. The molecule has 0 aliphatic rings. The predicted molar refractivity (Wildman–Crippen MR) is 115 cm³/mol. The second-order valence-corrected chi connectivity index (χ2v) is 7.06. The summed E-state index contributed by atoms with van der Waals surface area (Å²) < 4.78 is 6.75. The molecule has 0 radical (unpaired) electrons. The van der Waals surface area contributed by atoms with Crippen LogP contribution in [0.1, 0.15) is 20.8 Å². The van der Waals surface area contributed by atoms with Crippen LogP contribution in [0.5, 0.6) is 5.75 Å². The molecule has 8 nitrogen and oxygen atoms in total. The number of carbonyl (C=O) groups excluding carboxylic acids is 2. The number of methoxy groups -OCH3 is 1. The van der Waals surface area contributed by atoms with E-state index in [1.54, 1.807) is 59.9 Å². The fourth-order valence-electron chi connectivity index (χ4n) is 2.68. The smallest absolute Gasteiger partial charge is 0.276 e. The molecule has 2 N–H and O–H groups in total. The lowest BCUT2D eigenvalue weighted by Gasteiger charge is -2.06. The first kappa shape index (κ1) is 19.3. The highest BCUT2D eigenvalue weighted by Crippen LogP contribution is 2.17. The van der Waals surface area contributed by atoms with Crippen LogP contribution < -0.4 is 15.4 Å². The molecule has 0 fully saturated rings. The molecular weight excluding hydrogens is 402 g/mol. The van der Waals surface area contributed by atoms with Crippen LogP contribution in [0.15, 0.2) is 72.4 Å². The van der Waals surface area contributed by atoms with E-state index >= 15 is 0 Å². The molecule has 2 aromatic heterocycles. The summed E-state index contributed by atoms with van der Waals surface area (Å²) in [5.41, 5.74) is 2.11. The predicted octanol–water partition coefficient (Wildman–Crippen LogP) is 3.84. The van der Waals surface area contributed by atoms with E-state index in [0.29, 0.717) is 16.4 Å². The van der Waals surface area contributed by atoms with Gasteiger partial charge in [-0.1, -0.05) is 0 Å². The maximum atomic E-state index is 12.5. The van der Waals surface area contributed by atoms with Crippen molar-refractivity contribution in [3.05, 3.63) is 83.6 Å². The van der Waals surface area contributed by atoms with Gasteiger partial charge in [0.25, 0.3) is 11.8 Å². The highest BCUT2D eigenvalue weighted by molar-refractivity contribution is 7.13. The molecule has 2 heterocycles. The van der Waals surface area contributed by atoms with Gasteiger partial charge in [-0.05, 0) is 54.6 Å². The monoisotopic (exact) mass is 419 g/mol. The summed E-state index contributed by atoms with van der Waals surface area (Å²) in [6, 6.07) is 15.6. The number of thiazole rings is 1. The minimum atomic E-state index is -0.345. The number of anilines is 2. The lowest BCUT2D eigenvalue weighted by molar-refractivity contribution is 0.101. The standard InChI is InChI=1S/C21H17N5O3S/c1-29-17-8-6-16(7-9-17)26-12-10-18(25-26)20(28)23-15-4-2-14(3-5-15)19(27)24-21-22-11-13-30-21/h2-13H,1H3,(H,23,28)(H,22,24,27). The van der Waals surface area contributed by atoms with Gasteiger partial charge in [0.05, 0.1) is 12.8 Å². The van der Waals surface area contributed by atoms with Crippen LogP contribution in [-0.2, 0) is 0 Å². The van der Waals surface area contributed by atoms with Crippen LogP contribution in [-0.4, -0.2) is 33.7 Å². The van der Waals surface area contributed by atoms with E-state index in [1.807, 2.05) is 24.3 Å². The molecule has 9 heteroatoms. The van der Waals surface area contributed by atoms with Crippen molar-refractivity contribution in [2.24, 2.45) is 0 Å². The lowest BCUT2D eigenvalue weighted by atomic mass is 10.2. The van der Waals surface area contributed by atoms with Crippen molar-refractivity contribution >= 4 is 34.0 Å². The SMILES string of the molecule is COc1ccc(-n2ccc(C(=O)Nc3ccc(C(=O)Nc4nccs4)cc3)n2)cc1. The summed E-state index contributed by atoms with van der Waals surface area (Å²) in [7, 11) is 1.60. The molecule has 4 rings (SSSR count). The number of benzene rings is 2. The third kappa shape index (κ3) is 4.36. The van der Waals surface area contributed by atoms with Gasteiger partial charge in [0.2, 0.25) is 0 Å². The Labute approximate surface area is 176 Å². The number of nitrogens with zero attached hydrogens (tertiary/aromatic N) is 3. The Morgan fingerprint density at radius 1 is 0.967 bits per heavy atom. The zero-order chi connectivity index (χ0) is 20.9. The van der Waals surface area contributed by atoms with Gasteiger partial charge < -0.3 is 10.1 Å². The van der Waals surface area contributed by atoms with E-state index in [2.05, 4.69) is 20.7 Å². The Kier molecular flexibility index (Phi) is 5.53. The number of carbonyl (C=O) groups is 2. The molecule has 0 aliphatic carbocycles. The van der Waals surface area contributed by atoms with E-state index in [1.165, 1.54) is 11.3 Å². The van der Waals surface area contributed by atoms with E-state index in [-0.39, 0.29) is 17.5 Å². The number of rotatable bonds is 6. The molecular formula is C21H17N5O3S. The zero-order valence-electron chi connectivity index (χ0n) is 15.9. The molecule has 0 atom stereocenters. The molecule has 0 spiro atoms. The van der Waals surface area contributed by atoms with Crippen molar-refractivity contribution in [2.75, 3.05) is 17.7 Å². The average Bonchev–Trinajstić information content (AvgIpc) is 3.47. The van der Waals surface area contributed by atoms with Gasteiger partial charge in [0.15, 0.2) is 10.8 Å². The van der Waals surface area contributed by atoms with E-state index in [9.17, 15) is 9.59 Å². The first-order valence-electron chi connectivity index (χ1n) is 8.95. The molecule has 4 aromatic rings. The first-order valence-corrected chi connectivity index (χ1v) is 9.83. The summed E-state index contributed by atoms with van der Waals surface area (Å²) in [6.45, 7) is 0. The molecule has 0 aliphatic heterocycles. The largest absolute Gasteiger partial charge is 0.497 e. The fraction of sp³-hybridized carbons (Fsp3) is 0.0476. The quantitative estimate of drug-likeness (QED) is 0.495. The van der Waals surface area contributed by atoms with Crippen LogP contribution in [0.3, 0.4) is 0 Å². The summed E-state index contributed by atoms with van der Waals surface area (Å²) >= 11 is 1.34. The number of nitrogens with one attached hydrogen (secondary N) is 2. The van der Waals surface area contributed by atoms with Crippen molar-refractivity contribution in [1.29, 1.82) is 0 Å². The first-order chi connectivity index (χ1) is 14.6. The van der Waals surface area contributed by atoms with Crippen LogP contribution in [0.25, 0.3) is 5.69 Å². The molecule has 2 amide bonds.